The zero-order valence-electron chi connectivity index (χ0n) is 17.5. The molecule has 2 heterocycles. The third-order valence-corrected chi connectivity index (χ3v) is 7.52. The topological polar surface area (TPSA) is 84.9 Å². The molecule has 2 aliphatic rings. The Morgan fingerprint density at radius 1 is 1.06 bits per heavy atom. The molecule has 2 aromatic carbocycles. The fraction of sp³-hybridized carbons (Fsp3) is 0.435. The van der Waals surface area contributed by atoms with E-state index in [4.69, 9.17) is 9.47 Å². The zero-order valence-corrected chi connectivity index (χ0v) is 18.3. The molecule has 1 amide bonds. The number of hydrogen-bond acceptors (Lipinski definition) is 5. The SMILES string of the molecule is O=C(Nc1cccc(S(=O)(=O)N2CCCCC2)c1)c1ccccc1OCC1CCCO1. The lowest BCUT2D eigenvalue weighted by atomic mass is 10.1. The minimum absolute atomic E-state index is 0.0489. The Hall–Kier alpha value is -2.42. The van der Waals surface area contributed by atoms with Crippen molar-refractivity contribution in [1.29, 1.82) is 0 Å². The van der Waals surface area contributed by atoms with Crippen molar-refractivity contribution in [1.82, 2.24) is 4.31 Å². The van der Waals surface area contributed by atoms with E-state index >= 15 is 0 Å². The molecule has 0 spiro atoms. The van der Waals surface area contributed by atoms with Gasteiger partial charge in [0, 0.05) is 25.4 Å². The molecule has 0 saturated carbocycles. The number of ether oxygens (including phenoxy) is 2. The molecule has 2 aromatic rings. The Morgan fingerprint density at radius 2 is 1.87 bits per heavy atom. The number of rotatable bonds is 7. The summed E-state index contributed by atoms with van der Waals surface area (Å²) in [6, 6.07) is 13.4. The van der Waals surface area contributed by atoms with Gasteiger partial charge in [0.25, 0.3) is 5.91 Å². The number of anilines is 1. The Kier molecular flexibility index (Phi) is 6.89. The molecule has 1 N–H and O–H groups in total. The number of nitrogens with zero attached hydrogens (tertiary/aromatic N) is 1. The van der Waals surface area contributed by atoms with E-state index in [1.165, 1.54) is 10.4 Å². The van der Waals surface area contributed by atoms with Crippen molar-refractivity contribution >= 4 is 21.6 Å². The molecule has 4 rings (SSSR count). The summed E-state index contributed by atoms with van der Waals surface area (Å²) < 4.78 is 38.8. The fourth-order valence-electron chi connectivity index (χ4n) is 3.93. The third kappa shape index (κ3) is 5.26. The van der Waals surface area contributed by atoms with Crippen LogP contribution in [0.3, 0.4) is 0 Å². The molecule has 2 saturated heterocycles. The van der Waals surface area contributed by atoms with Gasteiger partial charge >= 0.3 is 0 Å². The maximum atomic E-state index is 12.9. The van der Waals surface area contributed by atoms with Crippen molar-refractivity contribution in [2.24, 2.45) is 0 Å². The van der Waals surface area contributed by atoms with Gasteiger partial charge in [-0.1, -0.05) is 24.6 Å². The molecule has 1 atom stereocenters. The van der Waals surface area contributed by atoms with Gasteiger partial charge in [0.1, 0.15) is 12.4 Å². The van der Waals surface area contributed by atoms with Crippen LogP contribution in [0.15, 0.2) is 53.4 Å². The average molecular weight is 445 g/mol. The van der Waals surface area contributed by atoms with Crippen LogP contribution >= 0.6 is 0 Å². The normalized spacial score (nSPS) is 19.8. The standard InChI is InChI=1S/C23H28N2O5S/c26-23(21-11-2-3-12-22(21)30-17-19-9-7-15-29-19)24-18-8-6-10-20(16-18)31(27,28)25-13-4-1-5-14-25/h2-3,6,8,10-12,16,19H,1,4-5,7,9,13-15,17H2,(H,24,26). The van der Waals surface area contributed by atoms with Gasteiger partial charge in [-0.15, -0.1) is 0 Å². The first kappa shape index (κ1) is 21.8. The summed E-state index contributed by atoms with van der Waals surface area (Å²) in [6.07, 6.45) is 4.82. The van der Waals surface area contributed by atoms with Crippen LogP contribution in [-0.4, -0.2) is 51.0 Å². The van der Waals surface area contributed by atoms with Gasteiger partial charge in [-0.05, 0) is 56.0 Å². The molecule has 8 heteroatoms. The average Bonchev–Trinajstić information content (AvgIpc) is 3.32. The molecule has 0 bridgehead atoms. The minimum Gasteiger partial charge on any atom is -0.490 e. The first-order valence-corrected chi connectivity index (χ1v) is 12.2. The van der Waals surface area contributed by atoms with Crippen molar-refractivity contribution in [3.05, 3.63) is 54.1 Å². The number of amides is 1. The smallest absolute Gasteiger partial charge is 0.259 e. The molecule has 0 aromatic heterocycles. The number of carbonyl (C=O) groups excluding carboxylic acids is 1. The van der Waals surface area contributed by atoms with Crippen LogP contribution < -0.4 is 10.1 Å². The highest BCUT2D eigenvalue weighted by molar-refractivity contribution is 7.89. The highest BCUT2D eigenvalue weighted by Gasteiger charge is 2.26. The highest BCUT2D eigenvalue weighted by Crippen LogP contribution is 2.25. The van der Waals surface area contributed by atoms with Crippen molar-refractivity contribution in [2.45, 2.75) is 43.1 Å². The molecule has 31 heavy (non-hydrogen) atoms. The number of sulfonamides is 1. The second kappa shape index (κ2) is 9.80. The Bertz CT molecular complexity index is 1010. The van der Waals surface area contributed by atoms with E-state index < -0.39 is 10.0 Å². The van der Waals surface area contributed by atoms with Gasteiger partial charge in [-0.2, -0.15) is 4.31 Å². The number of benzene rings is 2. The van der Waals surface area contributed by atoms with Gasteiger partial charge in [0.2, 0.25) is 10.0 Å². The molecule has 0 radical (unpaired) electrons. The Morgan fingerprint density at radius 3 is 2.65 bits per heavy atom. The first-order chi connectivity index (χ1) is 15.0. The van der Waals surface area contributed by atoms with Crippen molar-refractivity contribution in [3.8, 4) is 5.75 Å². The monoisotopic (exact) mass is 444 g/mol. The lowest BCUT2D eigenvalue weighted by Gasteiger charge is -2.26. The highest BCUT2D eigenvalue weighted by atomic mass is 32.2. The molecule has 2 fully saturated rings. The van der Waals surface area contributed by atoms with E-state index in [-0.39, 0.29) is 16.9 Å². The summed E-state index contributed by atoms with van der Waals surface area (Å²) in [4.78, 5) is 13.1. The van der Waals surface area contributed by atoms with Gasteiger partial charge in [0.15, 0.2) is 0 Å². The summed E-state index contributed by atoms with van der Waals surface area (Å²) in [5.41, 5.74) is 0.821. The van der Waals surface area contributed by atoms with Crippen molar-refractivity contribution in [3.63, 3.8) is 0 Å². The summed E-state index contributed by atoms with van der Waals surface area (Å²) in [5, 5.41) is 2.81. The summed E-state index contributed by atoms with van der Waals surface area (Å²) in [6.45, 7) is 2.21. The molecule has 2 aliphatic heterocycles. The minimum atomic E-state index is -3.57. The second-order valence-electron chi connectivity index (χ2n) is 7.89. The number of hydrogen-bond donors (Lipinski definition) is 1. The van der Waals surface area contributed by atoms with Crippen LogP contribution in [0.5, 0.6) is 5.75 Å². The quantitative estimate of drug-likeness (QED) is 0.704. The van der Waals surface area contributed by atoms with Crippen LogP contribution in [0, 0.1) is 0 Å². The van der Waals surface area contributed by atoms with Gasteiger partial charge in [-0.25, -0.2) is 8.42 Å². The number of carbonyl (C=O) groups is 1. The molecular weight excluding hydrogens is 416 g/mol. The second-order valence-corrected chi connectivity index (χ2v) is 9.83. The molecular formula is C23H28N2O5S. The van der Waals surface area contributed by atoms with E-state index in [9.17, 15) is 13.2 Å². The number of nitrogens with one attached hydrogen (secondary N) is 1. The van der Waals surface area contributed by atoms with Gasteiger partial charge < -0.3 is 14.8 Å². The van der Waals surface area contributed by atoms with E-state index in [0.29, 0.717) is 36.7 Å². The molecule has 0 aliphatic carbocycles. The Labute approximate surface area is 183 Å². The van der Waals surface area contributed by atoms with Crippen LogP contribution in [0.25, 0.3) is 0 Å². The van der Waals surface area contributed by atoms with Crippen LogP contribution in [0.4, 0.5) is 5.69 Å². The third-order valence-electron chi connectivity index (χ3n) is 5.63. The number of para-hydroxylation sites is 1. The van der Waals surface area contributed by atoms with Gasteiger partial charge in [-0.3, -0.25) is 4.79 Å². The maximum Gasteiger partial charge on any atom is 0.259 e. The van der Waals surface area contributed by atoms with Crippen molar-refractivity contribution in [2.75, 3.05) is 31.6 Å². The number of piperidine rings is 1. The summed E-state index contributed by atoms with van der Waals surface area (Å²) in [7, 11) is -3.57. The molecule has 1 unspecified atom stereocenters. The Balaban J connectivity index is 1.47. The predicted molar refractivity (Wildman–Crippen MR) is 118 cm³/mol. The first-order valence-electron chi connectivity index (χ1n) is 10.8. The van der Waals surface area contributed by atoms with Gasteiger partial charge in [0.05, 0.1) is 16.6 Å². The molecule has 166 valence electrons. The predicted octanol–water partition coefficient (Wildman–Crippen LogP) is 3.67. The maximum absolute atomic E-state index is 12.9. The molecule has 7 nitrogen and oxygen atoms in total. The van der Waals surface area contributed by atoms with Crippen LogP contribution in [0.1, 0.15) is 42.5 Å². The van der Waals surface area contributed by atoms with E-state index in [1.807, 2.05) is 6.07 Å². The van der Waals surface area contributed by atoms with Crippen LogP contribution in [-0.2, 0) is 14.8 Å². The van der Waals surface area contributed by atoms with Crippen LogP contribution in [0.2, 0.25) is 0 Å². The summed E-state index contributed by atoms with van der Waals surface area (Å²) >= 11 is 0. The van der Waals surface area contributed by atoms with E-state index in [0.717, 1.165) is 38.7 Å². The van der Waals surface area contributed by atoms with E-state index in [2.05, 4.69) is 5.32 Å². The van der Waals surface area contributed by atoms with Crippen molar-refractivity contribution < 1.29 is 22.7 Å². The fourth-order valence-corrected chi connectivity index (χ4v) is 5.49. The lowest BCUT2D eigenvalue weighted by Crippen LogP contribution is -2.35. The zero-order chi connectivity index (χ0) is 21.7. The lowest BCUT2D eigenvalue weighted by molar-refractivity contribution is 0.0673. The van der Waals surface area contributed by atoms with E-state index in [1.54, 1.807) is 36.4 Å². The largest absolute Gasteiger partial charge is 0.490 e. The summed E-state index contributed by atoms with van der Waals surface area (Å²) in [5.74, 6) is 0.128.